The van der Waals surface area contributed by atoms with Crippen LogP contribution < -0.4 is 5.73 Å². The van der Waals surface area contributed by atoms with Crippen molar-refractivity contribution in [2.24, 2.45) is 5.73 Å². The summed E-state index contributed by atoms with van der Waals surface area (Å²) in [5, 5.41) is -0.802. The Morgan fingerprint density at radius 2 is 2.20 bits per heavy atom. The molecular weight excluding hydrogens is 218 g/mol. The normalized spacial score (nSPS) is 31.5. The lowest BCUT2D eigenvalue weighted by molar-refractivity contribution is -0.149. The molecule has 1 fully saturated rings. The number of hydrogen-bond acceptors (Lipinski definition) is 5. The molecule has 1 aliphatic rings. The topological polar surface area (TPSA) is 86.5 Å². The van der Waals surface area contributed by atoms with Crippen molar-refractivity contribution in [2.45, 2.75) is 37.0 Å². The molecule has 6 heteroatoms. The lowest BCUT2D eigenvalue weighted by Crippen LogP contribution is -2.57. The van der Waals surface area contributed by atoms with Crippen LogP contribution in [-0.4, -0.2) is 38.0 Å². The first-order chi connectivity index (χ1) is 6.82. The number of sulfone groups is 1. The number of ether oxygens (including phenoxy) is 1. The second-order valence-corrected chi connectivity index (χ2v) is 6.20. The van der Waals surface area contributed by atoms with Gasteiger partial charge in [0.2, 0.25) is 0 Å². The molecule has 0 amide bonds. The Bertz CT molecular complexity index is 351. The Labute approximate surface area is 89.9 Å². The van der Waals surface area contributed by atoms with Crippen molar-refractivity contribution in [2.75, 3.05) is 12.9 Å². The molecule has 5 nitrogen and oxygen atoms in total. The van der Waals surface area contributed by atoms with E-state index in [4.69, 9.17) is 10.5 Å². The maximum Gasteiger partial charge on any atom is 0.327 e. The summed E-state index contributed by atoms with van der Waals surface area (Å²) in [6, 6.07) is 0. The largest absolute Gasteiger partial charge is 0.465 e. The molecule has 0 spiro atoms. The van der Waals surface area contributed by atoms with Gasteiger partial charge in [-0.25, -0.2) is 8.42 Å². The van der Waals surface area contributed by atoms with Gasteiger partial charge in [-0.05, 0) is 26.2 Å². The first kappa shape index (κ1) is 12.4. The van der Waals surface area contributed by atoms with Crippen molar-refractivity contribution in [3.8, 4) is 0 Å². The van der Waals surface area contributed by atoms with Crippen LogP contribution in [-0.2, 0) is 19.4 Å². The van der Waals surface area contributed by atoms with E-state index < -0.39 is 26.6 Å². The highest BCUT2D eigenvalue weighted by atomic mass is 32.2. The van der Waals surface area contributed by atoms with Gasteiger partial charge in [0.25, 0.3) is 0 Å². The molecule has 1 aliphatic carbocycles. The first-order valence-corrected chi connectivity index (χ1v) is 6.93. The molecular formula is C9H17NO4S. The first-order valence-electron chi connectivity index (χ1n) is 4.97. The van der Waals surface area contributed by atoms with E-state index in [1.54, 1.807) is 6.92 Å². The van der Waals surface area contributed by atoms with Crippen LogP contribution in [0.5, 0.6) is 0 Å². The highest BCUT2D eigenvalue weighted by molar-refractivity contribution is 7.91. The van der Waals surface area contributed by atoms with E-state index in [1.807, 2.05) is 0 Å². The molecule has 0 bridgehead atoms. The highest BCUT2D eigenvalue weighted by Gasteiger charge is 2.51. The van der Waals surface area contributed by atoms with Gasteiger partial charge in [0, 0.05) is 6.26 Å². The van der Waals surface area contributed by atoms with E-state index in [0.29, 0.717) is 19.3 Å². The SMILES string of the molecule is CCOC(=O)C1(N)CCCC1S(C)(=O)=O. The van der Waals surface area contributed by atoms with Crippen LogP contribution in [0.15, 0.2) is 0 Å². The molecule has 88 valence electrons. The lowest BCUT2D eigenvalue weighted by atomic mass is 9.99. The molecule has 0 aromatic carbocycles. The molecule has 1 rings (SSSR count). The molecule has 2 atom stereocenters. The summed E-state index contributed by atoms with van der Waals surface area (Å²) < 4.78 is 27.8. The zero-order chi connectivity index (χ0) is 11.7. The molecule has 0 heterocycles. The van der Waals surface area contributed by atoms with Crippen molar-refractivity contribution in [1.29, 1.82) is 0 Å². The third-order valence-corrected chi connectivity index (χ3v) is 4.49. The summed E-state index contributed by atoms with van der Waals surface area (Å²) >= 11 is 0. The van der Waals surface area contributed by atoms with E-state index in [0.717, 1.165) is 6.26 Å². The van der Waals surface area contributed by atoms with Gasteiger partial charge in [0.1, 0.15) is 5.54 Å². The van der Waals surface area contributed by atoms with Crippen molar-refractivity contribution in [3.05, 3.63) is 0 Å². The number of nitrogens with two attached hydrogens (primary N) is 1. The van der Waals surface area contributed by atoms with Gasteiger partial charge in [-0.1, -0.05) is 0 Å². The fourth-order valence-corrected chi connectivity index (χ4v) is 3.67. The number of rotatable bonds is 3. The van der Waals surface area contributed by atoms with E-state index in [-0.39, 0.29) is 6.61 Å². The third kappa shape index (κ3) is 2.31. The molecule has 0 radical (unpaired) electrons. The third-order valence-electron chi connectivity index (χ3n) is 2.80. The Hall–Kier alpha value is -0.620. The van der Waals surface area contributed by atoms with Gasteiger partial charge in [-0.15, -0.1) is 0 Å². The fourth-order valence-electron chi connectivity index (χ4n) is 2.09. The van der Waals surface area contributed by atoms with Crippen LogP contribution in [0.1, 0.15) is 26.2 Å². The molecule has 0 saturated heterocycles. The molecule has 2 unspecified atom stereocenters. The number of carbonyl (C=O) groups excluding carboxylic acids is 1. The number of carbonyl (C=O) groups is 1. The van der Waals surface area contributed by atoms with Gasteiger partial charge < -0.3 is 10.5 Å². The smallest absolute Gasteiger partial charge is 0.327 e. The summed E-state index contributed by atoms with van der Waals surface area (Å²) in [5.41, 5.74) is 4.52. The summed E-state index contributed by atoms with van der Waals surface area (Å²) in [7, 11) is -3.30. The Kier molecular flexibility index (Phi) is 3.40. The summed E-state index contributed by atoms with van der Waals surface area (Å²) in [6.07, 6.45) is 2.58. The Balaban J connectivity index is 2.96. The van der Waals surface area contributed by atoms with E-state index >= 15 is 0 Å². The average Bonchev–Trinajstić information content (AvgIpc) is 2.48. The fraction of sp³-hybridized carbons (Fsp3) is 0.889. The van der Waals surface area contributed by atoms with Crippen LogP contribution in [0.2, 0.25) is 0 Å². The van der Waals surface area contributed by atoms with Crippen LogP contribution >= 0.6 is 0 Å². The lowest BCUT2D eigenvalue weighted by Gasteiger charge is -2.27. The second-order valence-electron chi connectivity index (χ2n) is 3.97. The van der Waals surface area contributed by atoms with Crippen LogP contribution in [0.25, 0.3) is 0 Å². The zero-order valence-electron chi connectivity index (χ0n) is 9.02. The monoisotopic (exact) mass is 235 g/mol. The molecule has 1 saturated carbocycles. The molecule has 0 aromatic rings. The van der Waals surface area contributed by atoms with Crippen molar-refractivity contribution < 1.29 is 17.9 Å². The van der Waals surface area contributed by atoms with Crippen molar-refractivity contribution in [3.63, 3.8) is 0 Å². The maximum absolute atomic E-state index is 11.6. The number of hydrogen-bond donors (Lipinski definition) is 1. The second kappa shape index (κ2) is 4.09. The predicted molar refractivity (Wildman–Crippen MR) is 56.0 cm³/mol. The standard InChI is InChI=1S/C9H17NO4S/c1-3-14-8(11)9(10)6-4-5-7(9)15(2,12)13/h7H,3-6,10H2,1-2H3. The van der Waals surface area contributed by atoms with Crippen LogP contribution in [0, 0.1) is 0 Å². The van der Waals surface area contributed by atoms with Crippen LogP contribution in [0.4, 0.5) is 0 Å². The molecule has 15 heavy (non-hydrogen) atoms. The summed E-state index contributed by atoms with van der Waals surface area (Å²) in [4.78, 5) is 11.6. The van der Waals surface area contributed by atoms with Gasteiger partial charge >= 0.3 is 5.97 Å². The van der Waals surface area contributed by atoms with Crippen molar-refractivity contribution in [1.82, 2.24) is 0 Å². The summed E-state index contributed by atoms with van der Waals surface area (Å²) in [5.74, 6) is -0.599. The van der Waals surface area contributed by atoms with Gasteiger partial charge in [0.15, 0.2) is 9.84 Å². The van der Waals surface area contributed by atoms with Crippen molar-refractivity contribution >= 4 is 15.8 Å². The maximum atomic E-state index is 11.6. The average molecular weight is 235 g/mol. The molecule has 0 aliphatic heterocycles. The quantitative estimate of drug-likeness (QED) is 0.687. The molecule has 0 aromatic heterocycles. The predicted octanol–water partition coefficient (Wildman–Crippen LogP) is -0.156. The van der Waals surface area contributed by atoms with Gasteiger partial charge in [0.05, 0.1) is 11.9 Å². The van der Waals surface area contributed by atoms with Crippen LogP contribution in [0.3, 0.4) is 0 Å². The number of esters is 1. The Morgan fingerprint density at radius 1 is 1.60 bits per heavy atom. The van der Waals surface area contributed by atoms with Gasteiger partial charge in [-0.3, -0.25) is 4.79 Å². The zero-order valence-corrected chi connectivity index (χ0v) is 9.84. The minimum absolute atomic E-state index is 0.217. The minimum atomic E-state index is -3.30. The highest BCUT2D eigenvalue weighted by Crippen LogP contribution is 2.33. The molecule has 2 N–H and O–H groups in total. The minimum Gasteiger partial charge on any atom is -0.465 e. The van der Waals surface area contributed by atoms with Gasteiger partial charge in [-0.2, -0.15) is 0 Å². The van der Waals surface area contributed by atoms with E-state index in [9.17, 15) is 13.2 Å². The Morgan fingerprint density at radius 3 is 2.67 bits per heavy atom. The summed E-state index contributed by atoms with van der Waals surface area (Å²) in [6.45, 7) is 1.89. The van der Waals surface area contributed by atoms with E-state index in [1.165, 1.54) is 0 Å². The van der Waals surface area contributed by atoms with E-state index in [2.05, 4.69) is 0 Å².